The Hall–Kier alpha value is -1.56. The highest BCUT2D eigenvalue weighted by Crippen LogP contribution is 2.27. The summed E-state index contributed by atoms with van der Waals surface area (Å²) in [6, 6.07) is 4.26. The highest BCUT2D eigenvalue weighted by atomic mass is 32.1. The number of guanidine groups is 1. The molecule has 0 spiro atoms. The van der Waals surface area contributed by atoms with E-state index >= 15 is 0 Å². The predicted molar refractivity (Wildman–Crippen MR) is 102 cm³/mol. The topological polar surface area (TPSA) is 65.5 Å². The van der Waals surface area contributed by atoms with Crippen LogP contribution in [0, 0.1) is 5.92 Å². The second-order valence-electron chi connectivity index (χ2n) is 6.99. The molecule has 0 aliphatic heterocycles. The van der Waals surface area contributed by atoms with Crippen LogP contribution in [0.5, 0.6) is 0 Å². The van der Waals surface area contributed by atoms with Crippen molar-refractivity contribution in [1.82, 2.24) is 16.0 Å². The first-order valence-corrected chi connectivity index (χ1v) is 9.67. The molecule has 0 bridgehead atoms. The van der Waals surface area contributed by atoms with Crippen molar-refractivity contribution in [3.63, 3.8) is 0 Å². The molecule has 0 atom stereocenters. The maximum Gasteiger partial charge on any atom is 0.223 e. The van der Waals surface area contributed by atoms with Crippen molar-refractivity contribution >= 4 is 23.2 Å². The number of aliphatic imine (C=N–C) groups is 1. The van der Waals surface area contributed by atoms with Crippen molar-refractivity contribution in [3.8, 4) is 0 Å². The Bertz CT molecular complexity index is 535. The van der Waals surface area contributed by atoms with Gasteiger partial charge >= 0.3 is 0 Å². The van der Waals surface area contributed by atoms with Crippen LogP contribution < -0.4 is 16.0 Å². The van der Waals surface area contributed by atoms with Gasteiger partial charge in [-0.3, -0.25) is 9.79 Å². The number of carbonyl (C=O) groups excluding carboxylic acids is 1. The first kappa shape index (κ1) is 18.8. The maximum absolute atomic E-state index is 11.7. The molecule has 134 valence electrons. The Morgan fingerprint density at radius 1 is 1.29 bits per heavy atom. The van der Waals surface area contributed by atoms with Gasteiger partial charge in [-0.2, -0.15) is 0 Å². The van der Waals surface area contributed by atoms with Crippen LogP contribution in [0.15, 0.2) is 22.5 Å². The predicted octanol–water partition coefficient (Wildman–Crippen LogP) is 2.50. The van der Waals surface area contributed by atoms with Crippen LogP contribution in [0.4, 0.5) is 0 Å². The zero-order chi connectivity index (χ0) is 17.4. The minimum absolute atomic E-state index is 0.0720. The lowest BCUT2D eigenvalue weighted by molar-refractivity contribution is -0.127. The summed E-state index contributed by atoms with van der Waals surface area (Å²) in [5.41, 5.74) is 0.0720. The molecule has 1 saturated carbocycles. The van der Waals surface area contributed by atoms with Gasteiger partial charge in [-0.25, -0.2) is 0 Å². The Kier molecular flexibility index (Phi) is 7.09. The smallest absolute Gasteiger partial charge is 0.223 e. The number of hydrogen-bond acceptors (Lipinski definition) is 3. The van der Waals surface area contributed by atoms with Gasteiger partial charge in [0, 0.05) is 42.9 Å². The highest BCUT2D eigenvalue weighted by Gasteiger charge is 2.24. The maximum atomic E-state index is 11.7. The summed E-state index contributed by atoms with van der Waals surface area (Å²) in [6.07, 6.45) is 4.21. The third kappa shape index (κ3) is 5.51. The van der Waals surface area contributed by atoms with Crippen LogP contribution in [0.2, 0.25) is 0 Å². The van der Waals surface area contributed by atoms with E-state index in [4.69, 9.17) is 0 Å². The second-order valence-corrected chi connectivity index (χ2v) is 7.93. The van der Waals surface area contributed by atoms with Crippen LogP contribution in [0.1, 0.15) is 44.4 Å². The Morgan fingerprint density at radius 2 is 2.04 bits per heavy atom. The first-order chi connectivity index (χ1) is 11.5. The summed E-state index contributed by atoms with van der Waals surface area (Å²) in [7, 11) is 1.78. The zero-order valence-corrected chi connectivity index (χ0v) is 15.8. The average molecular weight is 351 g/mol. The molecule has 1 aliphatic carbocycles. The summed E-state index contributed by atoms with van der Waals surface area (Å²) in [5, 5.41) is 11.8. The van der Waals surface area contributed by atoms with Crippen molar-refractivity contribution in [2.45, 2.75) is 44.9 Å². The summed E-state index contributed by atoms with van der Waals surface area (Å²) in [5.74, 6) is 1.30. The minimum Gasteiger partial charge on any atom is -0.356 e. The van der Waals surface area contributed by atoms with E-state index in [0.29, 0.717) is 0 Å². The van der Waals surface area contributed by atoms with E-state index in [-0.39, 0.29) is 17.2 Å². The number of nitrogens with zero attached hydrogens (tertiary/aromatic N) is 1. The molecule has 2 rings (SSSR count). The van der Waals surface area contributed by atoms with Gasteiger partial charge in [0.2, 0.25) is 5.91 Å². The second kappa shape index (κ2) is 9.06. The van der Waals surface area contributed by atoms with Crippen LogP contribution in [0.3, 0.4) is 0 Å². The number of nitrogens with one attached hydrogen (secondary N) is 3. The van der Waals surface area contributed by atoms with E-state index in [1.807, 2.05) is 0 Å². The van der Waals surface area contributed by atoms with E-state index < -0.39 is 0 Å². The van der Waals surface area contributed by atoms with E-state index in [2.05, 4.69) is 52.3 Å². The molecule has 0 radical (unpaired) electrons. The monoisotopic (exact) mass is 350 g/mol. The van der Waals surface area contributed by atoms with Gasteiger partial charge in [0.05, 0.1) is 0 Å². The standard InChI is InChI=1S/C18H30N4OS/c1-18(2,15-9-5-12-24-15)13-22-17(19-3)21-11-6-10-20-16(23)14-7-4-8-14/h5,9,12,14H,4,6-8,10-11,13H2,1-3H3,(H,20,23)(H2,19,21,22). The lowest BCUT2D eigenvalue weighted by atomic mass is 9.85. The molecule has 1 aliphatic rings. The lowest BCUT2D eigenvalue weighted by Crippen LogP contribution is -2.44. The molecule has 3 N–H and O–H groups in total. The number of rotatable bonds is 8. The molecule has 24 heavy (non-hydrogen) atoms. The normalized spacial score (nSPS) is 15.7. The van der Waals surface area contributed by atoms with Gasteiger partial charge in [-0.1, -0.05) is 26.3 Å². The summed E-state index contributed by atoms with van der Waals surface area (Å²) >= 11 is 1.78. The Morgan fingerprint density at radius 3 is 2.62 bits per heavy atom. The van der Waals surface area contributed by atoms with E-state index in [1.54, 1.807) is 18.4 Å². The fraction of sp³-hybridized carbons (Fsp3) is 0.667. The number of amides is 1. The van der Waals surface area contributed by atoms with Gasteiger partial charge in [-0.15, -0.1) is 11.3 Å². The fourth-order valence-corrected chi connectivity index (χ4v) is 3.45. The molecule has 0 aromatic carbocycles. The zero-order valence-electron chi connectivity index (χ0n) is 15.0. The molecule has 6 heteroatoms. The highest BCUT2D eigenvalue weighted by molar-refractivity contribution is 7.10. The summed E-state index contributed by atoms with van der Waals surface area (Å²) in [4.78, 5) is 17.4. The molecule has 1 aromatic heterocycles. The summed E-state index contributed by atoms with van der Waals surface area (Å²) < 4.78 is 0. The van der Waals surface area contributed by atoms with Crippen molar-refractivity contribution < 1.29 is 4.79 Å². The largest absolute Gasteiger partial charge is 0.356 e. The van der Waals surface area contributed by atoms with Crippen molar-refractivity contribution in [2.24, 2.45) is 10.9 Å². The third-order valence-electron chi connectivity index (χ3n) is 4.53. The molecule has 0 unspecified atom stereocenters. The lowest BCUT2D eigenvalue weighted by Gasteiger charge is -2.25. The minimum atomic E-state index is 0.0720. The van der Waals surface area contributed by atoms with Gasteiger partial charge in [0.25, 0.3) is 0 Å². The van der Waals surface area contributed by atoms with Crippen molar-refractivity contribution in [3.05, 3.63) is 22.4 Å². The Balaban J connectivity index is 1.61. The quantitative estimate of drug-likeness (QED) is 0.383. The molecule has 0 saturated heterocycles. The van der Waals surface area contributed by atoms with E-state index in [0.717, 1.165) is 44.9 Å². The van der Waals surface area contributed by atoms with E-state index in [1.165, 1.54) is 11.3 Å². The van der Waals surface area contributed by atoms with Gasteiger partial charge < -0.3 is 16.0 Å². The van der Waals surface area contributed by atoms with Crippen LogP contribution in [0.25, 0.3) is 0 Å². The number of thiophene rings is 1. The van der Waals surface area contributed by atoms with Gasteiger partial charge in [-0.05, 0) is 30.7 Å². The molecule has 1 fully saturated rings. The Labute approximate surface area is 149 Å². The molecule has 1 aromatic rings. The molecular weight excluding hydrogens is 320 g/mol. The molecule has 1 heterocycles. The van der Waals surface area contributed by atoms with Crippen LogP contribution in [-0.2, 0) is 10.2 Å². The number of carbonyl (C=O) groups is 1. The average Bonchev–Trinajstić information content (AvgIpc) is 3.03. The van der Waals surface area contributed by atoms with Crippen molar-refractivity contribution in [2.75, 3.05) is 26.7 Å². The fourth-order valence-electron chi connectivity index (χ4n) is 2.60. The SMILES string of the molecule is CN=C(NCCCNC(=O)C1CCC1)NCC(C)(C)c1cccs1. The molecule has 5 nitrogen and oxygen atoms in total. The molecule has 1 amide bonds. The first-order valence-electron chi connectivity index (χ1n) is 8.79. The third-order valence-corrected chi connectivity index (χ3v) is 5.77. The van der Waals surface area contributed by atoms with E-state index in [9.17, 15) is 4.79 Å². The summed E-state index contributed by atoms with van der Waals surface area (Å²) in [6.45, 7) is 6.81. The number of hydrogen-bond donors (Lipinski definition) is 3. The van der Waals surface area contributed by atoms with Crippen LogP contribution >= 0.6 is 11.3 Å². The van der Waals surface area contributed by atoms with Crippen LogP contribution in [-0.4, -0.2) is 38.5 Å². The molecular formula is C18H30N4OS. The van der Waals surface area contributed by atoms with Crippen molar-refractivity contribution in [1.29, 1.82) is 0 Å². The van der Waals surface area contributed by atoms with Gasteiger partial charge in [0.15, 0.2) is 5.96 Å². The van der Waals surface area contributed by atoms with Gasteiger partial charge in [0.1, 0.15) is 0 Å².